The van der Waals surface area contributed by atoms with Crippen molar-refractivity contribution in [1.82, 2.24) is 0 Å². The van der Waals surface area contributed by atoms with Crippen molar-refractivity contribution in [2.75, 3.05) is 0 Å². The Morgan fingerprint density at radius 1 is 1.00 bits per heavy atom. The maximum atomic E-state index is 2.52. The van der Waals surface area contributed by atoms with E-state index < -0.39 is 0 Å². The van der Waals surface area contributed by atoms with E-state index in [-0.39, 0.29) is 0 Å². The lowest BCUT2D eigenvalue weighted by atomic mass is 9.67. The molecule has 0 aromatic heterocycles. The first kappa shape index (κ1) is 13.8. The Morgan fingerprint density at radius 3 is 2.50 bits per heavy atom. The number of rotatable bonds is 3. The van der Waals surface area contributed by atoms with E-state index in [4.69, 9.17) is 0 Å². The van der Waals surface area contributed by atoms with Gasteiger partial charge in [-0.05, 0) is 53.0 Å². The van der Waals surface area contributed by atoms with E-state index >= 15 is 0 Å². The number of allylic oxidation sites excluding steroid dienone is 2. The van der Waals surface area contributed by atoms with Crippen LogP contribution in [-0.2, 0) is 12.8 Å². The molecule has 0 saturated carbocycles. The summed E-state index contributed by atoms with van der Waals surface area (Å²) in [4.78, 5) is 0. The topological polar surface area (TPSA) is 0 Å². The standard InChI is InChI=1S/C22H24/c1-3-14-22(15-18-9-5-6-10-19(18)16(22)2)21-13-12-17-8-4-7-11-20(17)21/h4-11,13,16H,3,12,14-15H2,1-2H3. The Morgan fingerprint density at radius 2 is 1.73 bits per heavy atom. The Bertz CT molecular complexity index is 737. The summed E-state index contributed by atoms with van der Waals surface area (Å²) in [7, 11) is 0. The minimum absolute atomic E-state index is 0.297. The highest BCUT2D eigenvalue weighted by Crippen LogP contribution is 2.58. The van der Waals surface area contributed by atoms with E-state index in [0.717, 1.165) is 6.42 Å². The largest absolute Gasteiger partial charge is 0.0757 e. The molecule has 0 saturated heterocycles. The molecule has 0 nitrogen and oxygen atoms in total. The first-order chi connectivity index (χ1) is 10.8. The Balaban J connectivity index is 1.84. The van der Waals surface area contributed by atoms with Gasteiger partial charge in [0.15, 0.2) is 0 Å². The van der Waals surface area contributed by atoms with E-state index in [9.17, 15) is 0 Å². The van der Waals surface area contributed by atoms with Crippen LogP contribution in [-0.4, -0.2) is 0 Å². The molecule has 0 spiro atoms. The second-order valence-electron chi connectivity index (χ2n) is 6.98. The first-order valence-corrected chi connectivity index (χ1v) is 8.63. The molecule has 0 N–H and O–H groups in total. The second-order valence-corrected chi connectivity index (χ2v) is 6.98. The molecule has 0 heteroatoms. The van der Waals surface area contributed by atoms with E-state index in [1.807, 2.05) is 0 Å². The van der Waals surface area contributed by atoms with Gasteiger partial charge in [0.05, 0.1) is 0 Å². The zero-order valence-corrected chi connectivity index (χ0v) is 13.6. The molecule has 4 rings (SSSR count). The van der Waals surface area contributed by atoms with Gasteiger partial charge in [-0.3, -0.25) is 0 Å². The summed E-state index contributed by atoms with van der Waals surface area (Å²) >= 11 is 0. The van der Waals surface area contributed by atoms with E-state index in [1.54, 1.807) is 16.7 Å². The summed E-state index contributed by atoms with van der Waals surface area (Å²) in [6.45, 7) is 4.78. The van der Waals surface area contributed by atoms with Crippen LogP contribution in [0.25, 0.3) is 5.57 Å². The number of fused-ring (bicyclic) bond motifs is 2. The van der Waals surface area contributed by atoms with Crippen LogP contribution in [0.2, 0.25) is 0 Å². The molecule has 112 valence electrons. The minimum atomic E-state index is 0.297. The van der Waals surface area contributed by atoms with Crippen molar-refractivity contribution >= 4 is 5.57 Å². The number of hydrogen-bond acceptors (Lipinski definition) is 0. The van der Waals surface area contributed by atoms with E-state index in [2.05, 4.69) is 68.5 Å². The van der Waals surface area contributed by atoms with Crippen LogP contribution in [0.5, 0.6) is 0 Å². The van der Waals surface area contributed by atoms with Crippen LogP contribution >= 0.6 is 0 Å². The third-order valence-corrected chi connectivity index (χ3v) is 5.92. The SMILES string of the molecule is CCCC1(C2=CCc3ccccc32)Cc2ccccc2C1C. The van der Waals surface area contributed by atoms with Crippen LogP contribution in [0.15, 0.2) is 54.6 Å². The molecule has 0 amide bonds. The van der Waals surface area contributed by atoms with Crippen molar-refractivity contribution in [1.29, 1.82) is 0 Å². The molecule has 2 unspecified atom stereocenters. The van der Waals surface area contributed by atoms with Crippen molar-refractivity contribution in [3.05, 3.63) is 76.9 Å². The van der Waals surface area contributed by atoms with Crippen molar-refractivity contribution < 1.29 is 0 Å². The summed E-state index contributed by atoms with van der Waals surface area (Å²) in [5, 5.41) is 0. The third kappa shape index (κ3) is 1.83. The average molecular weight is 288 g/mol. The molecule has 2 aromatic rings. The second kappa shape index (κ2) is 5.12. The lowest BCUT2D eigenvalue weighted by molar-refractivity contribution is 0.330. The molecular weight excluding hydrogens is 264 g/mol. The van der Waals surface area contributed by atoms with Crippen molar-refractivity contribution in [3.63, 3.8) is 0 Å². The predicted molar refractivity (Wildman–Crippen MR) is 94.0 cm³/mol. The zero-order valence-electron chi connectivity index (χ0n) is 13.6. The first-order valence-electron chi connectivity index (χ1n) is 8.63. The Labute approximate surface area is 133 Å². The zero-order chi connectivity index (χ0) is 15.2. The molecular formula is C22H24. The number of hydrogen-bond donors (Lipinski definition) is 0. The molecule has 0 aliphatic heterocycles. The highest BCUT2D eigenvalue weighted by atomic mass is 14.5. The fourth-order valence-corrected chi connectivity index (χ4v) is 4.88. The summed E-state index contributed by atoms with van der Waals surface area (Å²) in [6, 6.07) is 18.1. The average Bonchev–Trinajstić information content (AvgIpc) is 3.09. The fraction of sp³-hybridized carbons (Fsp3) is 0.364. The molecule has 0 heterocycles. The van der Waals surface area contributed by atoms with Crippen LogP contribution in [0.1, 0.15) is 54.9 Å². The highest BCUT2D eigenvalue weighted by molar-refractivity contribution is 5.79. The molecule has 2 aliphatic carbocycles. The van der Waals surface area contributed by atoms with Gasteiger partial charge in [0.25, 0.3) is 0 Å². The summed E-state index contributed by atoms with van der Waals surface area (Å²) in [5.74, 6) is 0.612. The van der Waals surface area contributed by atoms with Gasteiger partial charge in [-0.25, -0.2) is 0 Å². The van der Waals surface area contributed by atoms with Gasteiger partial charge in [0.2, 0.25) is 0 Å². The third-order valence-electron chi connectivity index (χ3n) is 5.92. The Kier molecular flexibility index (Phi) is 3.22. The lowest BCUT2D eigenvalue weighted by Gasteiger charge is -2.36. The molecule has 0 fully saturated rings. The van der Waals surface area contributed by atoms with Crippen molar-refractivity contribution in [2.45, 2.75) is 45.4 Å². The summed E-state index contributed by atoms with van der Waals surface area (Å²) < 4.78 is 0. The van der Waals surface area contributed by atoms with Crippen LogP contribution < -0.4 is 0 Å². The van der Waals surface area contributed by atoms with Gasteiger partial charge in [0.1, 0.15) is 0 Å². The molecule has 0 radical (unpaired) electrons. The molecule has 0 bridgehead atoms. The highest BCUT2D eigenvalue weighted by Gasteiger charge is 2.46. The van der Waals surface area contributed by atoms with Crippen molar-refractivity contribution in [3.8, 4) is 0 Å². The summed E-state index contributed by atoms with van der Waals surface area (Å²) in [5.41, 5.74) is 8.07. The van der Waals surface area contributed by atoms with Crippen LogP contribution in [0, 0.1) is 5.41 Å². The molecule has 2 aromatic carbocycles. The van der Waals surface area contributed by atoms with Crippen molar-refractivity contribution in [2.24, 2.45) is 5.41 Å². The molecule has 2 aliphatic rings. The van der Waals surface area contributed by atoms with Gasteiger partial charge in [-0.15, -0.1) is 0 Å². The fourth-order valence-electron chi connectivity index (χ4n) is 4.88. The lowest BCUT2D eigenvalue weighted by Crippen LogP contribution is -2.26. The Hall–Kier alpha value is -1.82. The molecule has 22 heavy (non-hydrogen) atoms. The van der Waals surface area contributed by atoms with Gasteiger partial charge >= 0.3 is 0 Å². The maximum absolute atomic E-state index is 2.52. The monoisotopic (exact) mass is 288 g/mol. The normalized spacial score (nSPS) is 25.7. The maximum Gasteiger partial charge on any atom is 0.00623 e. The van der Waals surface area contributed by atoms with Gasteiger partial charge in [0, 0.05) is 5.41 Å². The minimum Gasteiger partial charge on any atom is -0.0757 e. The van der Waals surface area contributed by atoms with Crippen LogP contribution in [0.4, 0.5) is 0 Å². The van der Waals surface area contributed by atoms with Crippen LogP contribution in [0.3, 0.4) is 0 Å². The quantitative estimate of drug-likeness (QED) is 0.672. The van der Waals surface area contributed by atoms with Gasteiger partial charge in [-0.1, -0.05) is 74.9 Å². The smallest absolute Gasteiger partial charge is 0.00623 e. The van der Waals surface area contributed by atoms with Gasteiger partial charge in [-0.2, -0.15) is 0 Å². The van der Waals surface area contributed by atoms with E-state index in [0.29, 0.717) is 11.3 Å². The number of benzene rings is 2. The summed E-state index contributed by atoms with van der Waals surface area (Å²) in [6.07, 6.45) is 7.36. The van der Waals surface area contributed by atoms with E-state index in [1.165, 1.54) is 30.4 Å². The molecule has 2 atom stereocenters. The predicted octanol–water partition coefficient (Wildman–Crippen LogP) is 5.77. The van der Waals surface area contributed by atoms with Gasteiger partial charge < -0.3 is 0 Å².